The molecule has 28 heavy (non-hydrogen) atoms. The van der Waals surface area contributed by atoms with E-state index in [0.717, 1.165) is 11.8 Å². The predicted octanol–water partition coefficient (Wildman–Crippen LogP) is 3.60. The Morgan fingerprint density at radius 3 is 2.61 bits per heavy atom. The molecule has 0 unspecified atom stereocenters. The van der Waals surface area contributed by atoms with Gasteiger partial charge in [-0.15, -0.1) is 10.2 Å². The summed E-state index contributed by atoms with van der Waals surface area (Å²) in [6.07, 6.45) is 0. The second-order valence-corrected chi connectivity index (χ2v) is 7.23. The molecule has 0 aliphatic heterocycles. The molecule has 0 bridgehead atoms. The molecule has 3 N–H and O–H groups in total. The van der Waals surface area contributed by atoms with Gasteiger partial charge in [0.2, 0.25) is 11.1 Å². The zero-order valence-electron chi connectivity index (χ0n) is 14.0. The summed E-state index contributed by atoms with van der Waals surface area (Å²) >= 11 is 13.2. The summed E-state index contributed by atoms with van der Waals surface area (Å²) < 4.78 is 1.22. The lowest BCUT2D eigenvalue weighted by molar-refractivity contribution is -0.384. The van der Waals surface area contributed by atoms with E-state index in [2.05, 4.69) is 15.5 Å². The first-order valence-electron chi connectivity index (χ1n) is 7.68. The molecular weight excluding hydrogens is 427 g/mol. The molecule has 3 rings (SSSR count). The minimum atomic E-state index is -0.515. The first kappa shape index (κ1) is 19.9. The van der Waals surface area contributed by atoms with Gasteiger partial charge in [-0.1, -0.05) is 35.0 Å². The lowest BCUT2D eigenvalue weighted by atomic mass is 10.2. The molecule has 0 aliphatic carbocycles. The van der Waals surface area contributed by atoms with Gasteiger partial charge >= 0.3 is 0 Å². The number of non-ortho nitro benzene ring substituents is 1. The number of nitro groups is 1. The average Bonchev–Trinajstić information content (AvgIpc) is 3.03. The van der Waals surface area contributed by atoms with Gasteiger partial charge in [-0.3, -0.25) is 14.9 Å². The summed E-state index contributed by atoms with van der Waals surface area (Å²) in [6.45, 7) is 0. The van der Waals surface area contributed by atoms with Crippen LogP contribution < -0.4 is 11.2 Å². The van der Waals surface area contributed by atoms with Crippen LogP contribution in [0.1, 0.15) is 0 Å². The van der Waals surface area contributed by atoms with Crippen molar-refractivity contribution >= 4 is 52.2 Å². The molecule has 0 aliphatic rings. The fourth-order valence-corrected chi connectivity index (χ4v) is 3.25. The zero-order valence-corrected chi connectivity index (χ0v) is 16.3. The highest BCUT2D eigenvalue weighted by molar-refractivity contribution is 7.99. The number of nitro benzene ring substituents is 1. The first-order valence-corrected chi connectivity index (χ1v) is 9.42. The SMILES string of the molecule is Nn1c(SCC(=O)Nc2ccc([N+](=O)[O-])cc2)nnc1-c1cc(Cl)ccc1Cl. The van der Waals surface area contributed by atoms with E-state index >= 15 is 0 Å². The van der Waals surface area contributed by atoms with E-state index in [4.69, 9.17) is 29.0 Å². The van der Waals surface area contributed by atoms with E-state index in [-0.39, 0.29) is 17.3 Å². The Bertz CT molecular complexity index is 1040. The van der Waals surface area contributed by atoms with Crippen LogP contribution in [0, 0.1) is 10.1 Å². The third-order valence-corrected chi connectivity index (χ3v) is 5.04. The molecule has 1 amide bonds. The number of amides is 1. The largest absolute Gasteiger partial charge is 0.335 e. The standard InChI is InChI=1S/C16H12Cl2N6O3S/c17-9-1-6-13(18)12(7-9)15-21-22-16(23(15)19)28-8-14(25)20-10-2-4-11(5-3-10)24(26)27/h1-7H,8,19H2,(H,20,25). The average molecular weight is 439 g/mol. The fraction of sp³-hybridized carbons (Fsp3) is 0.0625. The number of nitrogens with zero attached hydrogens (tertiary/aromatic N) is 4. The Labute approximate surface area is 173 Å². The number of benzene rings is 2. The van der Waals surface area contributed by atoms with Crippen molar-refractivity contribution in [3.63, 3.8) is 0 Å². The van der Waals surface area contributed by atoms with Crippen molar-refractivity contribution in [3.05, 3.63) is 62.6 Å². The van der Waals surface area contributed by atoms with E-state index < -0.39 is 4.92 Å². The number of halogens is 2. The summed E-state index contributed by atoms with van der Waals surface area (Å²) in [5.74, 6) is 6.00. The van der Waals surface area contributed by atoms with Gasteiger partial charge in [0.25, 0.3) is 5.69 Å². The summed E-state index contributed by atoms with van der Waals surface area (Å²) in [4.78, 5) is 22.2. The normalized spacial score (nSPS) is 10.6. The summed E-state index contributed by atoms with van der Waals surface area (Å²) in [5.41, 5.74) is 0.902. The van der Waals surface area contributed by atoms with Crippen molar-refractivity contribution in [3.8, 4) is 11.4 Å². The summed E-state index contributed by atoms with van der Waals surface area (Å²) in [6, 6.07) is 10.4. The Balaban J connectivity index is 1.65. The van der Waals surface area contributed by atoms with E-state index in [1.165, 1.54) is 28.9 Å². The van der Waals surface area contributed by atoms with Gasteiger partial charge in [0.05, 0.1) is 15.7 Å². The number of nitrogens with two attached hydrogens (primary N) is 1. The van der Waals surface area contributed by atoms with E-state index in [0.29, 0.717) is 32.3 Å². The van der Waals surface area contributed by atoms with Crippen molar-refractivity contribution in [1.82, 2.24) is 14.9 Å². The number of nitrogen functional groups attached to an aromatic ring is 1. The molecular formula is C16H12Cl2N6O3S. The van der Waals surface area contributed by atoms with Gasteiger partial charge in [0, 0.05) is 28.4 Å². The Morgan fingerprint density at radius 2 is 1.93 bits per heavy atom. The Morgan fingerprint density at radius 1 is 1.21 bits per heavy atom. The molecule has 144 valence electrons. The van der Waals surface area contributed by atoms with Gasteiger partial charge in [-0.2, -0.15) is 0 Å². The van der Waals surface area contributed by atoms with E-state index in [1.807, 2.05) is 0 Å². The van der Waals surface area contributed by atoms with Crippen LogP contribution >= 0.6 is 35.0 Å². The van der Waals surface area contributed by atoms with Crippen LogP contribution in [0.15, 0.2) is 47.6 Å². The smallest absolute Gasteiger partial charge is 0.269 e. The van der Waals surface area contributed by atoms with Crippen LogP contribution in [-0.2, 0) is 4.79 Å². The Kier molecular flexibility index (Phi) is 6.02. The number of nitrogens with one attached hydrogen (secondary N) is 1. The van der Waals surface area contributed by atoms with E-state index in [9.17, 15) is 14.9 Å². The van der Waals surface area contributed by atoms with Gasteiger partial charge in [-0.25, -0.2) is 4.68 Å². The number of thioether (sulfide) groups is 1. The Hall–Kier alpha value is -2.82. The van der Waals surface area contributed by atoms with Gasteiger partial charge in [0.15, 0.2) is 5.82 Å². The van der Waals surface area contributed by atoms with Crippen molar-refractivity contribution in [1.29, 1.82) is 0 Å². The van der Waals surface area contributed by atoms with Crippen molar-refractivity contribution in [2.45, 2.75) is 5.16 Å². The highest BCUT2D eigenvalue weighted by Gasteiger charge is 2.16. The van der Waals surface area contributed by atoms with Crippen LogP contribution in [0.4, 0.5) is 11.4 Å². The topological polar surface area (TPSA) is 129 Å². The molecule has 0 saturated carbocycles. The zero-order chi connectivity index (χ0) is 20.3. The quantitative estimate of drug-likeness (QED) is 0.260. The maximum Gasteiger partial charge on any atom is 0.269 e. The summed E-state index contributed by atoms with van der Waals surface area (Å²) in [5, 5.41) is 22.4. The molecule has 0 fully saturated rings. The minimum absolute atomic E-state index is 0.00952. The number of carbonyl (C=O) groups excluding carboxylic acids is 1. The molecule has 9 nitrogen and oxygen atoms in total. The number of hydrogen-bond acceptors (Lipinski definition) is 7. The number of aromatic nitrogens is 3. The lowest BCUT2D eigenvalue weighted by Gasteiger charge is -2.06. The molecule has 12 heteroatoms. The second-order valence-electron chi connectivity index (χ2n) is 5.44. The monoisotopic (exact) mass is 438 g/mol. The van der Waals surface area contributed by atoms with Crippen LogP contribution in [0.5, 0.6) is 0 Å². The molecule has 3 aromatic rings. The molecule has 1 heterocycles. The molecule has 0 spiro atoms. The maximum absolute atomic E-state index is 12.1. The summed E-state index contributed by atoms with van der Waals surface area (Å²) in [7, 11) is 0. The van der Waals surface area contributed by atoms with Crippen molar-refractivity contribution < 1.29 is 9.72 Å². The number of hydrogen-bond donors (Lipinski definition) is 2. The maximum atomic E-state index is 12.1. The van der Waals surface area contributed by atoms with E-state index in [1.54, 1.807) is 18.2 Å². The highest BCUT2D eigenvalue weighted by atomic mass is 35.5. The van der Waals surface area contributed by atoms with Crippen molar-refractivity contribution in [2.75, 3.05) is 16.9 Å². The third kappa shape index (κ3) is 4.53. The minimum Gasteiger partial charge on any atom is -0.335 e. The van der Waals surface area contributed by atoms with Crippen molar-refractivity contribution in [2.24, 2.45) is 0 Å². The van der Waals surface area contributed by atoms with Crippen LogP contribution in [0.3, 0.4) is 0 Å². The molecule has 0 saturated heterocycles. The van der Waals surface area contributed by atoms with Crippen LogP contribution in [0.25, 0.3) is 11.4 Å². The van der Waals surface area contributed by atoms with Gasteiger partial charge in [-0.05, 0) is 30.3 Å². The van der Waals surface area contributed by atoms with Gasteiger partial charge < -0.3 is 11.2 Å². The predicted molar refractivity (Wildman–Crippen MR) is 108 cm³/mol. The van der Waals surface area contributed by atoms with Crippen LogP contribution in [0.2, 0.25) is 10.0 Å². The second kappa shape index (κ2) is 8.46. The number of rotatable bonds is 6. The number of carbonyl (C=O) groups is 1. The lowest BCUT2D eigenvalue weighted by Crippen LogP contribution is -2.16. The third-order valence-electron chi connectivity index (χ3n) is 3.53. The van der Waals surface area contributed by atoms with Crippen LogP contribution in [-0.4, -0.2) is 31.5 Å². The van der Waals surface area contributed by atoms with Gasteiger partial charge in [0.1, 0.15) is 0 Å². The molecule has 2 aromatic carbocycles. The molecule has 1 aromatic heterocycles. The molecule has 0 atom stereocenters. The number of anilines is 1. The highest BCUT2D eigenvalue weighted by Crippen LogP contribution is 2.30. The first-order chi connectivity index (χ1) is 13.3. The molecule has 0 radical (unpaired) electrons. The fourth-order valence-electron chi connectivity index (χ4n) is 2.22.